The average Bonchev–Trinajstić information content (AvgIpc) is 2.71. The number of benzene rings is 2. The van der Waals surface area contributed by atoms with E-state index in [1.807, 2.05) is 13.0 Å². The normalized spacial score (nSPS) is 11.2. The molecule has 1 N–H and O–H groups in total. The predicted molar refractivity (Wildman–Crippen MR) is 117 cm³/mol. The third-order valence-electron chi connectivity index (χ3n) is 4.11. The zero-order valence-corrected chi connectivity index (χ0v) is 18.4. The van der Waals surface area contributed by atoms with E-state index in [4.69, 9.17) is 26.2 Å². The number of ether oxygens (including phenoxy) is 2. The van der Waals surface area contributed by atoms with Gasteiger partial charge in [0.1, 0.15) is 5.82 Å². The molecular weight excluding hydrogens is 478 g/mol. The van der Waals surface area contributed by atoms with Crippen LogP contribution in [0.3, 0.4) is 0 Å². The number of hydrogen-bond acceptors (Lipinski definition) is 6. The number of carbonyl (C=O) groups is 1. The molecule has 0 fully saturated rings. The molecule has 0 saturated heterocycles. The van der Waals surface area contributed by atoms with Gasteiger partial charge in [-0.25, -0.2) is 9.78 Å². The topological polar surface area (TPSA) is 103 Å². The van der Waals surface area contributed by atoms with E-state index in [-0.39, 0.29) is 22.1 Å². The summed E-state index contributed by atoms with van der Waals surface area (Å²) in [5.41, 5.74) is 0.827. The summed E-state index contributed by atoms with van der Waals surface area (Å²) in [5, 5.41) is 13.7. The lowest BCUT2D eigenvalue weighted by Crippen LogP contribution is -2.22. The van der Waals surface area contributed by atoms with Crippen LogP contribution in [0.15, 0.2) is 44.7 Å². The maximum Gasteiger partial charge on any atom is 0.341 e. The molecule has 3 aromatic rings. The van der Waals surface area contributed by atoms with Crippen LogP contribution in [0, 0.1) is 0 Å². The molecular formula is C20H17BrClN3O5. The van der Waals surface area contributed by atoms with E-state index < -0.39 is 12.6 Å². The number of carboxylic acid groups (broad SMARTS) is 1. The van der Waals surface area contributed by atoms with Crippen molar-refractivity contribution in [2.24, 2.45) is 5.10 Å². The minimum atomic E-state index is -1.14. The molecule has 2 aromatic carbocycles. The Hall–Kier alpha value is -2.91. The highest BCUT2D eigenvalue weighted by molar-refractivity contribution is 9.10. The van der Waals surface area contributed by atoms with Crippen molar-refractivity contribution in [2.75, 3.05) is 13.7 Å². The van der Waals surface area contributed by atoms with Gasteiger partial charge < -0.3 is 14.6 Å². The zero-order chi connectivity index (χ0) is 21.8. The van der Waals surface area contributed by atoms with Gasteiger partial charge in [0, 0.05) is 10.9 Å². The fourth-order valence-electron chi connectivity index (χ4n) is 2.76. The lowest BCUT2D eigenvalue weighted by atomic mass is 10.2. The second kappa shape index (κ2) is 9.27. The van der Waals surface area contributed by atoms with Gasteiger partial charge in [-0.1, -0.05) is 34.5 Å². The molecule has 10 heteroatoms. The van der Waals surface area contributed by atoms with Crippen LogP contribution in [0.5, 0.6) is 11.5 Å². The second-order valence-corrected chi connectivity index (χ2v) is 7.44. The van der Waals surface area contributed by atoms with E-state index in [9.17, 15) is 9.59 Å². The van der Waals surface area contributed by atoms with Crippen LogP contribution in [-0.2, 0) is 11.2 Å². The van der Waals surface area contributed by atoms with Crippen LogP contribution in [-0.4, -0.2) is 40.7 Å². The van der Waals surface area contributed by atoms with E-state index in [0.717, 1.165) is 4.47 Å². The molecule has 30 heavy (non-hydrogen) atoms. The summed E-state index contributed by atoms with van der Waals surface area (Å²) in [5.74, 6) is -0.276. The Labute approximate surface area is 184 Å². The van der Waals surface area contributed by atoms with E-state index in [2.05, 4.69) is 26.0 Å². The lowest BCUT2D eigenvalue weighted by Gasteiger charge is -2.12. The van der Waals surface area contributed by atoms with Gasteiger partial charge in [0.15, 0.2) is 18.1 Å². The number of methoxy groups -OCH3 is 1. The molecule has 0 amide bonds. The summed E-state index contributed by atoms with van der Waals surface area (Å²) in [4.78, 5) is 28.2. The van der Waals surface area contributed by atoms with Crippen molar-refractivity contribution in [3.8, 4) is 11.5 Å². The van der Waals surface area contributed by atoms with Crippen molar-refractivity contribution in [3.05, 3.63) is 61.6 Å². The molecule has 0 saturated carbocycles. The van der Waals surface area contributed by atoms with Gasteiger partial charge in [-0.3, -0.25) is 4.79 Å². The molecule has 1 heterocycles. The van der Waals surface area contributed by atoms with Crippen LogP contribution in [0.1, 0.15) is 18.3 Å². The van der Waals surface area contributed by atoms with Crippen LogP contribution in [0.4, 0.5) is 0 Å². The van der Waals surface area contributed by atoms with E-state index >= 15 is 0 Å². The van der Waals surface area contributed by atoms with Gasteiger partial charge in [-0.05, 0) is 35.9 Å². The maximum atomic E-state index is 12.9. The Morgan fingerprint density at radius 3 is 2.80 bits per heavy atom. The van der Waals surface area contributed by atoms with E-state index in [0.29, 0.717) is 28.7 Å². The third kappa shape index (κ3) is 4.63. The molecule has 0 spiro atoms. The number of halogens is 2. The molecule has 0 aliphatic heterocycles. The van der Waals surface area contributed by atoms with Crippen molar-refractivity contribution in [3.63, 3.8) is 0 Å². The van der Waals surface area contributed by atoms with Crippen LogP contribution in [0.25, 0.3) is 10.9 Å². The first kappa shape index (κ1) is 21.8. The highest BCUT2D eigenvalue weighted by Crippen LogP contribution is 2.36. The molecule has 1 aromatic heterocycles. The fourth-order valence-corrected chi connectivity index (χ4v) is 3.39. The highest BCUT2D eigenvalue weighted by Gasteiger charge is 2.14. The number of aryl methyl sites for hydroxylation is 1. The first-order valence-electron chi connectivity index (χ1n) is 8.81. The van der Waals surface area contributed by atoms with E-state index in [1.165, 1.54) is 24.1 Å². The minimum absolute atomic E-state index is 0.113. The van der Waals surface area contributed by atoms with Crippen molar-refractivity contribution in [1.29, 1.82) is 0 Å². The monoisotopic (exact) mass is 493 g/mol. The Kier molecular flexibility index (Phi) is 6.73. The zero-order valence-electron chi connectivity index (χ0n) is 16.1. The summed E-state index contributed by atoms with van der Waals surface area (Å²) >= 11 is 9.58. The highest BCUT2D eigenvalue weighted by atomic mass is 79.9. The predicted octanol–water partition coefficient (Wildman–Crippen LogP) is 3.73. The minimum Gasteiger partial charge on any atom is -0.493 e. The standard InChI is InChI=1S/C20H17BrClN3O5/c1-3-17-24-15-5-4-12(21)8-13(15)20(28)25(17)23-9-11-6-14(22)19(16(7-11)29-2)30-10-18(26)27/h4-9H,3,10H2,1-2H3,(H,26,27). The number of aromatic nitrogens is 2. The average molecular weight is 495 g/mol. The molecule has 0 aliphatic rings. The Balaban J connectivity index is 2.04. The smallest absolute Gasteiger partial charge is 0.341 e. The van der Waals surface area contributed by atoms with Crippen LogP contribution >= 0.6 is 27.5 Å². The van der Waals surface area contributed by atoms with Gasteiger partial charge in [0.05, 0.1) is 29.2 Å². The summed E-state index contributed by atoms with van der Waals surface area (Å²) in [6.45, 7) is 1.32. The van der Waals surface area contributed by atoms with Gasteiger partial charge in [0.25, 0.3) is 5.56 Å². The van der Waals surface area contributed by atoms with Crippen molar-refractivity contribution in [2.45, 2.75) is 13.3 Å². The van der Waals surface area contributed by atoms with Crippen molar-refractivity contribution >= 4 is 50.6 Å². The summed E-state index contributed by atoms with van der Waals surface area (Å²) < 4.78 is 12.4. The molecule has 0 atom stereocenters. The summed E-state index contributed by atoms with van der Waals surface area (Å²) in [6.07, 6.45) is 1.95. The number of rotatable bonds is 7. The largest absolute Gasteiger partial charge is 0.493 e. The molecule has 0 aliphatic carbocycles. The van der Waals surface area contributed by atoms with E-state index in [1.54, 1.807) is 18.2 Å². The number of carboxylic acids is 1. The Bertz CT molecular complexity index is 1210. The number of aliphatic carboxylic acids is 1. The first-order chi connectivity index (χ1) is 14.3. The number of hydrogen-bond donors (Lipinski definition) is 1. The van der Waals surface area contributed by atoms with Gasteiger partial charge in [-0.2, -0.15) is 9.78 Å². The molecule has 156 valence electrons. The maximum absolute atomic E-state index is 12.9. The molecule has 0 unspecified atom stereocenters. The lowest BCUT2D eigenvalue weighted by molar-refractivity contribution is -0.139. The number of nitrogens with zero attached hydrogens (tertiary/aromatic N) is 3. The Morgan fingerprint density at radius 1 is 1.37 bits per heavy atom. The van der Waals surface area contributed by atoms with Crippen molar-refractivity contribution < 1.29 is 19.4 Å². The van der Waals surface area contributed by atoms with Gasteiger partial charge in [-0.15, -0.1) is 0 Å². The Morgan fingerprint density at radius 2 is 2.13 bits per heavy atom. The third-order valence-corrected chi connectivity index (χ3v) is 4.88. The fraction of sp³-hybridized carbons (Fsp3) is 0.200. The van der Waals surface area contributed by atoms with Gasteiger partial charge in [0.2, 0.25) is 0 Å². The quantitative estimate of drug-likeness (QED) is 0.502. The second-order valence-electron chi connectivity index (χ2n) is 6.12. The summed E-state index contributed by atoms with van der Waals surface area (Å²) in [7, 11) is 1.41. The van der Waals surface area contributed by atoms with Crippen LogP contribution in [0.2, 0.25) is 5.02 Å². The molecule has 0 radical (unpaired) electrons. The van der Waals surface area contributed by atoms with Crippen LogP contribution < -0.4 is 15.0 Å². The molecule has 8 nitrogen and oxygen atoms in total. The number of fused-ring (bicyclic) bond motifs is 1. The molecule has 0 bridgehead atoms. The van der Waals surface area contributed by atoms with Gasteiger partial charge >= 0.3 is 5.97 Å². The van der Waals surface area contributed by atoms with Crippen molar-refractivity contribution in [1.82, 2.24) is 9.66 Å². The first-order valence-corrected chi connectivity index (χ1v) is 9.98. The SMILES string of the molecule is CCc1nc2ccc(Br)cc2c(=O)n1N=Cc1cc(Cl)c(OCC(=O)O)c(OC)c1. The summed E-state index contributed by atoms with van der Waals surface area (Å²) in [6, 6.07) is 8.41. The molecule has 3 rings (SSSR count).